The van der Waals surface area contributed by atoms with Gasteiger partial charge in [0.05, 0.1) is 12.6 Å². The fraction of sp³-hybridized carbons (Fsp3) is 0.500. The van der Waals surface area contributed by atoms with Crippen LogP contribution < -0.4 is 27.4 Å². The van der Waals surface area contributed by atoms with Crippen molar-refractivity contribution >= 4 is 23.7 Å². The Morgan fingerprint density at radius 2 is 1.68 bits per heavy atom. The van der Waals surface area contributed by atoms with Crippen LogP contribution in [0, 0.1) is 0 Å². The highest BCUT2D eigenvalue weighted by Crippen LogP contribution is 2.10. The number of nitrogens with two attached hydrogens (primary N) is 2. The second-order valence-corrected chi connectivity index (χ2v) is 7.17. The number of nitrogens with one attached hydrogen (secondary N) is 3. The molecule has 0 saturated heterocycles. The highest BCUT2D eigenvalue weighted by molar-refractivity contribution is 5.92. The lowest BCUT2D eigenvalue weighted by molar-refractivity contribution is -0.141. The fourth-order valence-electron chi connectivity index (χ4n) is 2.66. The van der Waals surface area contributed by atoms with Crippen molar-refractivity contribution in [2.24, 2.45) is 11.5 Å². The van der Waals surface area contributed by atoms with Crippen molar-refractivity contribution in [1.82, 2.24) is 16.0 Å². The van der Waals surface area contributed by atoms with Gasteiger partial charge in [-0.1, -0.05) is 12.1 Å². The average Bonchev–Trinajstić information content (AvgIpc) is 2.72. The molecule has 0 fully saturated rings. The summed E-state index contributed by atoms with van der Waals surface area (Å²) in [7, 11) is 0. The van der Waals surface area contributed by atoms with Gasteiger partial charge in [0.2, 0.25) is 17.7 Å². The SMILES string of the molecule is CC(NC(=O)C(CCCCN)NC(=O)CNC(=O)C(N)Cc1ccc(O)cc1)C(=O)O. The molecule has 0 aliphatic heterocycles. The van der Waals surface area contributed by atoms with Crippen LogP contribution in [-0.2, 0) is 25.6 Å². The number of aliphatic carboxylic acids is 1. The lowest BCUT2D eigenvalue weighted by Crippen LogP contribution is -2.53. The van der Waals surface area contributed by atoms with Crippen LogP contribution in [0.2, 0.25) is 0 Å². The van der Waals surface area contributed by atoms with Crippen molar-refractivity contribution < 1.29 is 29.4 Å². The number of rotatable bonds is 13. The molecule has 172 valence electrons. The predicted octanol–water partition coefficient (Wildman–Crippen LogP) is -1.42. The van der Waals surface area contributed by atoms with Crippen molar-refractivity contribution in [2.45, 2.75) is 50.7 Å². The van der Waals surface area contributed by atoms with Gasteiger partial charge in [-0.3, -0.25) is 19.2 Å². The Morgan fingerprint density at radius 1 is 1.03 bits per heavy atom. The van der Waals surface area contributed by atoms with E-state index in [1.165, 1.54) is 19.1 Å². The summed E-state index contributed by atoms with van der Waals surface area (Å²) in [6.07, 6.45) is 1.68. The van der Waals surface area contributed by atoms with Crippen LogP contribution in [0.25, 0.3) is 0 Å². The molecule has 11 nitrogen and oxygen atoms in total. The monoisotopic (exact) mass is 437 g/mol. The largest absolute Gasteiger partial charge is 0.508 e. The van der Waals surface area contributed by atoms with Crippen LogP contribution in [0.15, 0.2) is 24.3 Å². The normalized spacial score (nSPS) is 13.5. The van der Waals surface area contributed by atoms with E-state index in [1.54, 1.807) is 12.1 Å². The average molecular weight is 437 g/mol. The van der Waals surface area contributed by atoms with E-state index in [4.69, 9.17) is 16.6 Å². The van der Waals surface area contributed by atoms with E-state index in [0.717, 1.165) is 5.56 Å². The number of carbonyl (C=O) groups is 4. The van der Waals surface area contributed by atoms with E-state index in [-0.39, 0.29) is 18.6 Å². The first kappa shape index (κ1) is 25.9. The van der Waals surface area contributed by atoms with Crippen molar-refractivity contribution in [3.63, 3.8) is 0 Å². The summed E-state index contributed by atoms with van der Waals surface area (Å²) in [4.78, 5) is 47.6. The zero-order chi connectivity index (χ0) is 23.4. The molecule has 0 radical (unpaired) electrons. The highest BCUT2D eigenvalue weighted by atomic mass is 16.4. The number of carbonyl (C=O) groups excluding carboxylic acids is 3. The molecular weight excluding hydrogens is 406 g/mol. The van der Waals surface area contributed by atoms with Gasteiger partial charge in [-0.25, -0.2) is 0 Å². The molecule has 11 heteroatoms. The van der Waals surface area contributed by atoms with E-state index >= 15 is 0 Å². The van der Waals surface area contributed by atoms with Crippen molar-refractivity contribution in [1.29, 1.82) is 0 Å². The van der Waals surface area contributed by atoms with Gasteiger partial charge in [0.15, 0.2) is 0 Å². The Hall–Kier alpha value is -3.18. The first-order valence-electron chi connectivity index (χ1n) is 9.97. The Bertz CT molecular complexity index is 755. The topological polar surface area (TPSA) is 197 Å². The zero-order valence-corrected chi connectivity index (χ0v) is 17.5. The number of hydrogen-bond acceptors (Lipinski definition) is 7. The minimum atomic E-state index is -1.20. The number of unbranched alkanes of at least 4 members (excludes halogenated alkanes) is 1. The van der Waals surface area contributed by atoms with E-state index in [1.807, 2.05) is 0 Å². The van der Waals surface area contributed by atoms with E-state index in [0.29, 0.717) is 19.4 Å². The maximum atomic E-state index is 12.3. The molecule has 0 aromatic heterocycles. The van der Waals surface area contributed by atoms with Gasteiger partial charge in [0.1, 0.15) is 17.8 Å². The highest BCUT2D eigenvalue weighted by Gasteiger charge is 2.24. The summed E-state index contributed by atoms with van der Waals surface area (Å²) in [5.41, 5.74) is 12.0. The van der Waals surface area contributed by atoms with Gasteiger partial charge in [0, 0.05) is 0 Å². The quantitative estimate of drug-likeness (QED) is 0.182. The molecule has 0 heterocycles. The van der Waals surface area contributed by atoms with Gasteiger partial charge >= 0.3 is 5.97 Å². The molecule has 1 rings (SSSR count). The summed E-state index contributed by atoms with van der Waals surface area (Å²) < 4.78 is 0. The minimum Gasteiger partial charge on any atom is -0.508 e. The smallest absolute Gasteiger partial charge is 0.325 e. The summed E-state index contributed by atoms with van der Waals surface area (Å²) in [5, 5.41) is 25.4. The summed E-state index contributed by atoms with van der Waals surface area (Å²) in [5.74, 6) is -2.89. The third-order valence-corrected chi connectivity index (χ3v) is 4.48. The lowest BCUT2D eigenvalue weighted by Gasteiger charge is -2.20. The van der Waals surface area contributed by atoms with Gasteiger partial charge in [-0.2, -0.15) is 0 Å². The second-order valence-electron chi connectivity index (χ2n) is 7.17. The van der Waals surface area contributed by atoms with E-state index < -0.39 is 48.4 Å². The first-order chi connectivity index (χ1) is 14.6. The molecule has 0 bridgehead atoms. The Balaban J connectivity index is 2.56. The molecule has 3 atom stereocenters. The Morgan fingerprint density at radius 3 is 2.26 bits per heavy atom. The molecule has 31 heavy (non-hydrogen) atoms. The number of hydrogen-bond donors (Lipinski definition) is 7. The maximum absolute atomic E-state index is 12.3. The van der Waals surface area contributed by atoms with Gasteiger partial charge in [-0.15, -0.1) is 0 Å². The van der Waals surface area contributed by atoms with Crippen LogP contribution in [0.4, 0.5) is 0 Å². The fourth-order valence-corrected chi connectivity index (χ4v) is 2.66. The molecule has 0 aliphatic carbocycles. The standard InChI is InChI=1S/C20H31N5O6/c1-12(20(30)31)24-19(29)16(4-2-3-9-21)25-17(27)11-23-18(28)15(22)10-13-5-7-14(26)8-6-13/h5-8,12,15-16,26H,2-4,9-11,21-22H2,1H3,(H,23,28)(H,24,29)(H,25,27)(H,30,31). The molecule has 9 N–H and O–H groups in total. The number of phenolic OH excluding ortho intramolecular Hbond substituents is 1. The van der Waals surface area contributed by atoms with Crippen LogP contribution >= 0.6 is 0 Å². The van der Waals surface area contributed by atoms with Crippen LogP contribution in [-0.4, -0.2) is 65.1 Å². The number of carboxylic acids is 1. The van der Waals surface area contributed by atoms with Crippen molar-refractivity contribution in [3.05, 3.63) is 29.8 Å². The first-order valence-corrected chi connectivity index (χ1v) is 9.97. The second kappa shape index (κ2) is 13.2. The number of benzene rings is 1. The van der Waals surface area contributed by atoms with Crippen molar-refractivity contribution in [3.8, 4) is 5.75 Å². The molecule has 0 aliphatic rings. The molecule has 0 saturated carbocycles. The lowest BCUT2D eigenvalue weighted by atomic mass is 10.1. The molecule has 1 aromatic rings. The van der Waals surface area contributed by atoms with Crippen LogP contribution in [0.1, 0.15) is 31.7 Å². The number of carboxylic acid groups (broad SMARTS) is 1. The maximum Gasteiger partial charge on any atom is 0.325 e. The summed E-state index contributed by atoms with van der Waals surface area (Å²) in [6.45, 7) is 1.34. The number of aromatic hydroxyl groups is 1. The van der Waals surface area contributed by atoms with Crippen LogP contribution in [0.3, 0.4) is 0 Å². The molecule has 1 aromatic carbocycles. The van der Waals surface area contributed by atoms with Crippen molar-refractivity contribution in [2.75, 3.05) is 13.1 Å². The minimum absolute atomic E-state index is 0.0984. The summed E-state index contributed by atoms with van der Waals surface area (Å²) in [6, 6.07) is 3.26. The third kappa shape index (κ3) is 9.92. The predicted molar refractivity (Wildman–Crippen MR) is 113 cm³/mol. The number of phenols is 1. The molecular formula is C20H31N5O6. The molecule has 3 unspecified atom stereocenters. The number of amides is 3. The van der Waals surface area contributed by atoms with Crippen LogP contribution in [0.5, 0.6) is 5.75 Å². The van der Waals surface area contributed by atoms with E-state index in [9.17, 15) is 24.3 Å². The summed E-state index contributed by atoms with van der Waals surface area (Å²) >= 11 is 0. The van der Waals surface area contributed by atoms with E-state index in [2.05, 4.69) is 16.0 Å². The Kier molecular flexibility index (Phi) is 11.0. The van der Waals surface area contributed by atoms with Gasteiger partial charge < -0.3 is 37.6 Å². The molecule has 3 amide bonds. The third-order valence-electron chi connectivity index (χ3n) is 4.48. The molecule has 0 spiro atoms. The zero-order valence-electron chi connectivity index (χ0n) is 17.5. The van der Waals surface area contributed by atoms with Gasteiger partial charge in [0.25, 0.3) is 0 Å². The Labute approximate surface area is 180 Å². The van der Waals surface area contributed by atoms with Gasteiger partial charge in [-0.05, 0) is 56.8 Å².